The van der Waals surface area contributed by atoms with Gasteiger partial charge in [-0.3, -0.25) is 4.79 Å². The number of halogens is 1. The molecule has 0 fully saturated rings. The Labute approximate surface area is 128 Å². The van der Waals surface area contributed by atoms with Crippen molar-refractivity contribution in [3.8, 4) is 0 Å². The van der Waals surface area contributed by atoms with Gasteiger partial charge in [0.05, 0.1) is 10.7 Å². The monoisotopic (exact) mass is 304 g/mol. The van der Waals surface area contributed by atoms with E-state index in [9.17, 15) is 4.79 Å². The van der Waals surface area contributed by atoms with Crippen LogP contribution in [0.1, 0.15) is 30.3 Å². The van der Waals surface area contributed by atoms with Crippen molar-refractivity contribution in [2.75, 3.05) is 17.2 Å². The highest BCUT2D eigenvalue weighted by atomic mass is 35.5. The Bertz CT molecular complexity index is 601. The van der Waals surface area contributed by atoms with E-state index in [4.69, 9.17) is 11.6 Å². The first kappa shape index (κ1) is 15.3. The molecule has 2 aromatic rings. The van der Waals surface area contributed by atoms with E-state index in [1.54, 1.807) is 36.4 Å². The Kier molecular flexibility index (Phi) is 5.51. The van der Waals surface area contributed by atoms with Gasteiger partial charge < -0.3 is 10.6 Å². The van der Waals surface area contributed by atoms with E-state index >= 15 is 0 Å². The maximum atomic E-state index is 12.0. The molecule has 0 aliphatic rings. The molecule has 110 valence electrons. The molecule has 0 radical (unpaired) electrons. The minimum absolute atomic E-state index is 0.246. The second-order valence-electron chi connectivity index (χ2n) is 4.52. The second-order valence-corrected chi connectivity index (χ2v) is 4.93. The fraction of sp³-hybridized carbons (Fsp3) is 0.267. The molecule has 0 bridgehead atoms. The van der Waals surface area contributed by atoms with E-state index in [0.717, 1.165) is 19.4 Å². The summed E-state index contributed by atoms with van der Waals surface area (Å²) in [5, 5.41) is 14.2. The second kappa shape index (κ2) is 7.59. The van der Waals surface area contributed by atoms with Crippen molar-refractivity contribution in [3.63, 3.8) is 0 Å². The van der Waals surface area contributed by atoms with E-state index in [1.165, 1.54) is 0 Å². The van der Waals surface area contributed by atoms with Crippen LogP contribution in [-0.2, 0) is 0 Å². The number of aromatic nitrogens is 2. The van der Waals surface area contributed by atoms with Crippen LogP contribution >= 0.6 is 11.6 Å². The fourth-order valence-corrected chi connectivity index (χ4v) is 1.87. The fourth-order valence-electron chi connectivity index (χ4n) is 1.69. The van der Waals surface area contributed by atoms with Crippen LogP contribution in [-0.4, -0.2) is 22.6 Å². The number of nitrogens with one attached hydrogen (secondary N) is 2. The van der Waals surface area contributed by atoms with Gasteiger partial charge in [0.15, 0.2) is 5.69 Å². The third kappa shape index (κ3) is 4.43. The third-order valence-electron chi connectivity index (χ3n) is 2.86. The van der Waals surface area contributed by atoms with Crippen molar-refractivity contribution in [1.29, 1.82) is 0 Å². The van der Waals surface area contributed by atoms with Crippen molar-refractivity contribution >= 4 is 29.0 Å². The van der Waals surface area contributed by atoms with E-state index in [2.05, 4.69) is 27.8 Å². The first-order valence-corrected chi connectivity index (χ1v) is 7.22. The van der Waals surface area contributed by atoms with Crippen LogP contribution < -0.4 is 10.6 Å². The van der Waals surface area contributed by atoms with E-state index in [1.807, 2.05) is 0 Å². The predicted molar refractivity (Wildman–Crippen MR) is 84.8 cm³/mol. The van der Waals surface area contributed by atoms with Crippen molar-refractivity contribution in [3.05, 3.63) is 47.1 Å². The minimum Gasteiger partial charge on any atom is -0.369 e. The molecule has 1 aromatic carbocycles. The number of hydrogen-bond acceptors (Lipinski definition) is 4. The predicted octanol–water partition coefficient (Wildman–Crippen LogP) is 3.59. The van der Waals surface area contributed by atoms with Crippen LogP contribution in [0.2, 0.25) is 5.02 Å². The van der Waals surface area contributed by atoms with Gasteiger partial charge in [-0.25, -0.2) is 0 Å². The molecule has 5 nitrogen and oxygen atoms in total. The number of rotatable bonds is 6. The number of amides is 1. The molecule has 21 heavy (non-hydrogen) atoms. The van der Waals surface area contributed by atoms with Gasteiger partial charge in [-0.15, -0.1) is 10.2 Å². The molecule has 0 aliphatic carbocycles. The molecular weight excluding hydrogens is 288 g/mol. The van der Waals surface area contributed by atoms with Gasteiger partial charge in [0.1, 0.15) is 5.82 Å². The summed E-state index contributed by atoms with van der Waals surface area (Å²) in [5.74, 6) is 0.327. The van der Waals surface area contributed by atoms with E-state index < -0.39 is 0 Å². The van der Waals surface area contributed by atoms with E-state index in [0.29, 0.717) is 16.5 Å². The molecule has 0 spiro atoms. The number of carbonyl (C=O) groups excluding carboxylic acids is 1. The SMILES string of the molecule is CCCCNc1ccc(C(=O)Nc2ccccc2Cl)nn1. The summed E-state index contributed by atoms with van der Waals surface area (Å²) in [7, 11) is 0. The largest absolute Gasteiger partial charge is 0.369 e. The lowest BCUT2D eigenvalue weighted by Gasteiger charge is -2.07. The zero-order valence-electron chi connectivity index (χ0n) is 11.8. The molecule has 0 atom stereocenters. The van der Waals surface area contributed by atoms with Crippen LogP contribution in [0.25, 0.3) is 0 Å². The third-order valence-corrected chi connectivity index (χ3v) is 3.19. The highest BCUT2D eigenvalue weighted by Gasteiger charge is 2.10. The number of anilines is 2. The quantitative estimate of drug-likeness (QED) is 0.800. The Hall–Kier alpha value is -2.14. The Morgan fingerprint density at radius 3 is 2.67 bits per heavy atom. The summed E-state index contributed by atoms with van der Waals surface area (Å²) in [6, 6.07) is 10.4. The highest BCUT2D eigenvalue weighted by molar-refractivity contribution is 6.33. The van der Waals surface area contributed by atoms with Crippen molar-refractivity contribution in [1.82, 2.24) is 10.2 Å². The smallest absolute Gasteiger partial charge is 0.276 e. The van der Waals surface area contributed by atoms with Gasteiger partial charge in [-0.2, -0.15) is 0 Å². The normalized spacial score (nSPS) is 10.2. The molecule has 0 saturated heterocycles. The average Bonchev–Trinajstić information content (AvgIpc) is 2.50. The minimum atomic E-state index is -0.337. The summed E-state index contributed by atoms with van der Waals surface area (Å²) in [4.78, 5) is 12.0. The van der Waals surface area contributed by atoms with Crippen LogP contribution in [0.3, 0.4) is 0 Å². The van der Waals surface area contributed by atoms with Gasteiger partial charge in [0.25, 0.3) is 5.91 Å². The molecule has 2 N–H and O–H groups in total. The van der Waals surface area contributed by atoms with Crippen LogP contribution in [0.15, 0.2) is 36.4 Å². The van der Waals surface area contributed by atoms with Gasteiger partial charge in [0, 0.05) is 6.54 Å². The Morgan fingerprint density at radius 2 is 2.00 bits per heavy atom. The van der Waals surface area contributed by atoms with Gasteiger partial charge >= 0.3 is 0 Å². The number of benzene rings is 1. The molecule has 0 unspecified atom stereocenters. The van der Waals surface area contributed by atoms with Crippen molar-refractivity contribution < 1.29 is 4.79 Å². The first-order valence-electron chi connectivity index (χ1n) is 6.84. The molecule has 6 heteroatoms. The standard InChI is InChI=1S/C15H17ClN4O/c1-2-3-10-17-14-9-8-13(19-20-14)15(21)18-12-7-5-4-6-11(12)16/h4-9H,2-3,10H2,1H3,(H,17,20)(H,18,21). The van der Waals surface area contributed by atoms with Crippen LogP contribution in [0.4, 0.5) is 11.5 Å². The zero-order chi connectivity index (χ0) is 15.1. The van der Waals surface area contributed by atoms with Crippen molar-refractivity contribution in [2.45, 2.75) is 19.8 Å². The van der Waals surface area contributed by atoms with Crippen LogP contribution in [0.5, 0.6) is 0 Å². The Balaban J connectivity index is 1.98. The maximum absolute atomic E-state index is 12.0. The number of nitrogens with zero attached hydrogens (tertiary/aromatic N) is 2. The number of unbranched alkanes of at least 4 members (excludes halogenated alkanes) is 1. The van der Waals surface area contributed by atoms with Crippen molar-refractivity contribution in [2.24, 2.45) is 0 Å². The summed E-state index contributed by atoms with van der Waals surface area (Å²) in [5.41, 5.74) is 0.798. The average molecular weight is 305 g/mol. The highest BCUT2D eigenvalue weighted by Crippen LogP contribution is 2.20. The molecule has 2 rings (SSSR count). The molecule has 0 saturated carbocycles. The maximum Gasteiger partial charge on any atom is 0.276 e. The van der Waals surface area contributed by atoms with Gasteiger partial charge in [0.2, 0.25) is 0 Å². The topological polar surface area (TPSA) is 66.9 Å². The number of carbonyl (C=O) groups is 1. The number of hydrogen-bond donors (Lipinski definition) is 2. The molecular formula is C15H17ClN4O. The number of para-hydroxylation sites is 1. The lowest BCUT2D eigenvalue weighted by Crippen LogP contribution is -2.15. The molecule has 1 aromatic heterocycles. The van der Waals surface area contributed by atoms with E-state index in [-0.39, 0.29) is 11.6 Å². The summed E-state index contributed by atoms with van der Waals surface area (Å²) >= 11 is 5.99. The molecule has 1 amide bonds. The Morgan fingerprint density at radius 1 is 1.19 bits per heavy atom. The summed E-state index contributed by atoms with van der Waals surface area (Å²) in [6.45, 7) is 2.96. The summed E-state index contributed by atoms with van der Waals surface area (Å²) in [6.07, 6.45) is 2.18. The van der Waals surface area contributed by atoms with Gasteiger partial charge in [-0.1, -0.05) is 37.1 Å². The first-order chi connectivity index (χ1) is 10.2. The zero-order valence-corrected chi connectivity index (χ0v) is 12.5. The van der Waals surface area contributed by atoms with Crippen LogP contribution in [0, 0.1) is 0 Å². The lowest BCUT2D eigenvalue weighted by molar-refractivity contribution is 0.102. The lowest BCUT2D eigenvalue weighted by atomic mass is 10.3. The van der Waals surface area contributed by atoms with Gasteiger partial charge in [-0.05, 0) is 30.7 Å². The molecule has 1 heterocycles. The summed E-state index contributed by atoms with van der Waals surface area (Å²) < 4.78 is 0. The molecule has 0 aliphatic heterocycles.